The van der Waals surface area contributed by atoms with Crippen LogP contribution < -0.4 is 10.6 Å². The van der Waals surface area contributed by atoms with Crippen molar-refractivity contribution in [1.29, 1.82) is 0 Å². The molecular formula is C6H14N2. The van der Waals surface area contributed by atoms with Crippen LogP contribution in [-0.4, -0.2) is 26.2 Å². The highest BCUT2D eigenvalue weighted by Gasteiger charge is 2.19. The molecular weight excluding hydrogens is 100 g/mol. The Balaban J connectivity index is 2.30. The van der Waals surface area contributed by atoms with Crippen molar-refractivity contribution in [1.82, 2.24) is 10.6 Å². The molecule has 1 aliphatic heterocycles. The molecule has 0 amide bonds. The lowest BCUT2D eigenvalue weighted by Gasteiger charge is -2.10. The molecule has 2 N–H and O–H groups in total. The molecule has 0 aromatic carbocycles. The fraction of sp³-hybridized carbons (Fsp3) is 1.00. The average molecular weight is 114 g/mol. The van der Waals surface area contributed by atoms with Gasteiger partial charge < -0.3 is 10.6 Å². The Bertz CT molecular complexity index is 72.9. The van der Waals surface area contributed by atoms with Crippen LogP contribution in [0.3, 0.4) is 0 Å². The summed E-state index contributed by atoms with van der Waals surface area (Å²) >= 11 is 0. The van der Waals surface area contributed by atoms with E-state index in [2.05, 4.69) is 17.6 Å². The zero-order chi connectivity index (χ0) is 5.98. The van der Waals surface area contributed by atoms with Gasteiger partial charge in [-0.05, 0) is 19.5 Å². The van der Waals surface area contributed by atoms with Gasteiger partial charge in [0.15, 0.2) is 0 Å². The van der Waals surface area contributed by atoms with E-state index in [4.69, 9.17) is 0 Å². The van der Waals surface area contributed by atoms with Gasteiger partial charge in [-0.2, -0.15) is 0 Å². The van der Waals surface area contributed by atoms with Crippen LogP contribution in [0.5, 0.6) is 0 Å². The quantitative estimate of drug-likeness (QED) is 0.494. The highest BCUT2D eigenvalue weighted by Crippen LogP contribution is 2.05. The third kappa shape index (κ3) is 1.01. The molecule has 0 aromatic rings. The normalized spacial score (nSPS) is 38.2. The average Bonchev–Trinajstić information content (AvgIpc) is 2.14. The maximum Gasteiger partial charge on any atom is 0.0227 e. The zero-order valence-corrected chi connectivity index (χ0v) is 5.57. The molecule has 1 heterocycles. The predicted octanol–water partition coefficient (Wildman–Crippen LogP) is -0.186. The monoisotopic (exact) mass is 114 g/mol. The van der Waals surface area contributed by atoms with E-state index in [1.165, 1.54) is 6.54 Å². The molecule has 2 heteroatoms. The van der Waals surface area contributed by atoms with Gasteiger partial charge in [0.1, 0.15) is 0 Å². The van der Waals surface area contributed by atoms with Crippen molar-refractivity contribution in [2.24, 2.45) is 5.92 Å². The SMILES string of the molecule is CN[C@H]1CNC[C@H]1C. The molecule has 2 atom stereocenters. The smallest absolute Gasteiger partial charge is 0.0227 e. The van der Waals surface area contributed by atoms with Gasteiger partial charge in [-0.1, -0.05) is 6.92 Å². The molecule has 0 aliphatic carbocycles. The minimum Gasteiger partial charge on any atom is -0.315 e. The molecule has 0 aromatic heterocycles. The Labute approximate surface area is 50.7 Å². The van der Waals surface area contributed by atoms with Gasteiger partial charge >= 0.3 is 0 Å². The van der Waals surface area contributed by atoms with Crippen LogP contribution in [0.4, 0.5) is 0 Å². The summed E-state index contributed by atoms with van der Waals surface area (Å²) in [7, 11) is 2.02. The number of hydrogen-bond donors (Lipinski definition) is 2. The van der Waals surface area contributed by atoms with E-state index in [-0.39, 0.29) is 0 Å². The van der Waals surface area contributed by atoms with Crippen molar-refractivity contribution in [3.8, 4) is 0 Å². The second-order valence-corrected chi connectivity index (χ2v) is 2.53. The first-order valence-electron chi connectivity index (χ1n) is 3.22. The molecule has 0 saturated carbocycles. The van der Waals surface area contributed by atoms with E-state index in [0.717, 1.165) is 12.5 Å². The molecule has 48 valence electrons. The molecule has 2 nitrogen and oxygen atoms in total. The van der Waals surface area contributed by atoms with Gasteiger partial charge in [-0.25, -0.2) is 0 Å². The van der Waals surface area contributed by atoms with Gasteiger partial charge in [-0.3, -0.25) is 0 Å². The van der Waals surface area contributed by atoms with Crippen LogP contribution in [-0.2, 0) is 0 Å². The summed E-state index contributed by atoms with van der Waals surface area (Å²) in [5.74, 6) is 0.806. The summed E-state index contributed by atoms with van der Waals surface area (Å²) in [5, 5.41) is 6.56. The van der Waals surface area contributed by atoms with E-state index in [9.17, 15) is 0 Å². The minimum absolute atomic E-state index is 0.704. The largest absolute Gasteiger partial charge is 0.315 e. The standard InChI is InChI=1S/C6H14N2/c1-5-3-8-4-6(5)7-2/h5-8H,3-4H2,1-2H3/t5-,6+/m1/s1. The summed E-state index contributed by atoms with van der Waals surface area (Å²) in [6.07, 6.45) is 0. The van der Waals surface area contributed by atoms with Crippen molar-refractivity contribution in [2.75, 3.05) is 20.1 Å². The van der Waals surface area contributed by atoms with E-state index in [0.29, 0.717) is 6.04 Å². The van der Waals surface area contributed by atoms with Crippen LogP contribution in [0.25, 0.3) is 0 Å². The van der Waals surface area contributed by atoms with Gasteiger partial charge in [0.05, 0.1) is 0 Å². The van der Waals surface area contributed by atoms with Crippen LogP contribution in [0.15, 0.2) is 0 Å². The fourth-order valence-electron chi connectivity index (χ4n) is 1.20. The van der Waals surface area contributed by atoms with E-state index in [1.807, 2.05) is 7.05 Å². The molecule has 8 heavy (non-hydrogen) atoms. The Morgan fingerprint density at radius 1 is 1.50 bits per heavy atom. The summed E-state index contributed by atoms with van der Waals surface area (Å²) in [4.78, 5) is 0. The Morgan fingerprint density at radius 2 is 2.25 bits per heavy atom. The molecule has 1 aliphatic rings. The van der Waals surface area contributed by atoms with Crippen LogP contribution >= 0.6 is 0 Å². The van der Waals surface area contributed by atoms with Crippen molar-refractivity contribution < 1.29 is 0 Å². The third-order valence-electron chi connectivity index (χ3n) is 1.89. The Morgan fingerprint density at radius 3 is 2.50 bits per heavy atom. The molecule has 1 fully saturated rings. The first kappa shape index (κ1) is 6.05. The fourth-order valence-corrected chi connectivity index (χ4v) is 1.20. The summed E-state index contributed by atoms with van der Waals surface area (Å²) in [5.41, 5.74) is 0. The maximum atomic E-state index is 3.31. The third-order valence-corrected chi connectivity index (χ3v) is 1.89. The molecule has 0 radical (unpaired) electrons. The van der Waals surface area contributed by atoms with Crippen molar-refractivity contribution >= 4 is 0 Å². The lowest BCUT2D eigenvalue weighted by atomic mass is 10.1. The predicted molar refractivity (Wildman–Crippen MR) is 34.9 cm³/mol. The van der Waals surface area contributed by atoms with Gasteiger partial charge in [0.25, 0.3) is 0 Å². The van der Waals surface area contributed by atoms with Crippen LogP contribution in [0.1, 0.15) is 6.92 Å². The number of hydrogen-bond acceptors (Lipinski definition) is 2. The highest BCUT2D eigenvalue weighted by atomic mass is 15.0. The molecule has 0 bridgehead atoms. The minimum atomic E-state index is 0.704. The van der Waals surface area contributed by atoms with Crippen molar-refractivity contribution in [3.05, 3.63) is 0 Å². The molecule has 1 rings (SSSR count). The number of nitrogens with one attached hydrogen (secondary N) is 2. The van der Waals surface area contributed by atoms with Crippen LogP contribution in [0, 0.1) is 5.92 Å². The lowest BCUT2D eigenvalue weighted by molar-refractivity contribution is 0.490. The lowest BCUT2D eigenvalue weighted by Crippen LogP contribution is -2.31. The summed E-state index contributed by atoms with van der Waals surface area (Å²) in [6, 6.07) is 0.704. The second kappa shape index (κ2) is 2.46. The van der Waals surface area contributed by atoms with Crippen LogP contribution in [0.2, 0.25) is 0 Å². The van der Waals surface area contributed by atoms with Crippen molar-refractivity contribution in [2.45, 2.75) is 13.0 Å². The van der Waals surface area contributed by atoms with E-state index >= 15 is 0 Å². The van der Waals surface area contributed by atoms with E-state index < -0.39 is 0 Å². The van der Waals surface area contributed by atoms with E-state index in [1.54, 1.807) is 0 Å². The second-order valence-electron chi connectivity index (χ2n) is 2.53. The zero-order valence-electron chi connectivity index (χ0n) is 5.57. The highest BCUT2D eigenvalue weighted by molar-refractivity contribution is 4.82. The maximum absolute atomic E-state index is 3.31. The van der Waals surface area contributed by atoms with Gasteiger partial charge in [0, 0.05) is 12.6 Å². The summed E-state index contributed by atoms with van der Waals surface area (Å²) in [6.45, 7) is 4.57. The topological polar surface area (TPSA) is 24.1 Å². The summed E-state index contributed by atoms with van der Waals surface area (Å²) < 4.78 is 0. The number of rotatable bonds is 1. The first-order chi connectivity index (χ1) is 3.84. The van der Waals surface area contributed by atoms with Gasteiger partial charge in [-0.15, -0.1) is 0 Å². The molecule has 0 spiro atoms. The number of likely N-dealkylation sites (N-methyl/N-ethyl adjacent to an activating group) is 1. The Kier molecular flexibility index (Phi) is 1.86. The molecule has 1 saturated heterocycles. The Hall–Kier alpha value is -0.0800. The van der Waals surface area contributed by atoms with Gasteiger partial charge in [0.2, 0.25) is 0 Å². The molecule has 0 unspecified atom stereocenters. The van der Waals surface area contributed by atoms with Crippen molar-refractivity contribution in [3.63, 3.8) is 0 Å². The first-order valence-corrected chi connectivity index (χ1v) is 3.22.